The van der Waals surface area contributed by atoms with Gasteiger partial charge in [0, 0.05) is 12.6 Å². The average Bonchev–Trinajstić information content (AvgIpc) is 3.09. The number of amides is 1. The third-order valence-electron chi connectivity index (χ3n) is 6.18. The topological polar surface area (TPSA) is 63.0 Å². The normalized spacial score (nSPS) is 15.5. The molecule has 0 N–H and O–H groups in total. The second-order valence-electron chi connectivity index (χ2n) is 8.10. The van der Waals surface area contributed by atoms with Gasteiger partial charge in [0.25, 0.3) is 5.91 Å². The van der Waals surface area contributed by atoms with Gasteiger partial charge in [0.15, 0.2) is 5.43 Å². The molecule has 1 aromatic heterocycles. The van der Waals surface area contributed by atoms with Crippen LogP contribution in [-0.4, -0.2) is 48.5 Å². The van der Waals surface area contributed by atoms with Crippen molar-refractivity contribution in [2.24, 2.45) is 0 Å². The van der Waals surface area contributed by atoms with Crippen LogP contribution in [0.25, 0.3) is 11.0 Å². The Labute approximate surface area is 192 Å². The second kappa shape index (κ2) is 9.75. The molecular formula is C26H29FN2O4. The summed E-state index contributed by atoms with van der Waals surface area (Å²) in [6.45, 7) is 9.64. The van der Waals surface area contributed by atoms with Crippen LogP contribution in [0.2, 0.25) is 0 Å². The van der Waals surface area contributed by atoms with Crippen molar-refractivity contribution in [1.82, 2.24) is 9.80 Å². The van der Waals surface area contributed by atoms with E-state index in [9.17, 15) is 14.0 Å². The first-order chi connectivity index (χ1) is 16.0. The largest absolute Gasteiger partial charge is 0.494 e. The lowest BCUT2D eigenvalue weighted by Gasteiger charge is -2.26. The van der Waals surface area contributed by atoms with Crippen LogP contribution in [0, 0.1) is 5.82 Å². The van der Waals surface area contributed by atoms with Crippen molar-refractivity contribution in [3.8, 4) is 5.75 Å². The fourth-order valence-electron chi connectivity index (χ4n) is 4.51. The summed E-state index contributed by atoms with van der Waals surface area (Å²) in [5, 5.41) is 0.372. The summed E-state index contributed by atoms with van der Waals surface area (Å²) >= 11 is 0. The Kier molecular flexibility index (Phi) is 6.79. The van der Waals surface area contributed by atoms with Gasteiger partial charge < -0.3 is 19.0 Å². The maximum atomic E-state index is 14.1. The molecular weight excluding hydrogens is 423 g/mol. The zero-order valence-corrected chi connectivity index (χ0v) is 19.3. The van der Waals surface area contributed by atoms with Crippen molar-refractivity contribution in [3.05, 3.63) is 75.4 Å². The van der Waals surface area contributed by atoms with Crippen LogP contribution in [0.5, 0.6) is 5.75 Å². The van der Waals surface area contributed by atoms with Crippen molar-refractivity contribution >= 4 is 16.9 Å². The molecule has 3 aromatic rings. The monoisotopic (exact) mass is 452 g/mol. The number of hydrogen-bond donors (Lipinski definition) is 0. The molecule has 0 radical (unpaired) electrons. The van der Waals surface area contributed by atoms with Gasteiger partial charge in [0.2, 0.25) is 5.76 Å². The van der Waals surface area contributed by atoms with Gasteiger partial charge in [0.1, 0.15) is 17.1 Å². The van der Waals surface area contributed by atoms with Gasteiger partial charge in [-0.3, -0.25) is 9.59 Å². The maximum Gasteiger partial charge on any atom is 0.290 e. The molecule has 0 aliphatic carbocycles. The molecule has 0 bridgehead atoms. The van der Waals surface area contributed by atoms with Crippen molar-refractivity contribution in [2.45, 2.75) is 33.2 Å². The summed E-state index contributed by atoms with van der Waals surface area (Å²) < 4.78 is 25.6. The summed E-state index contributed by atoms with van der Waals surface area (Å²) in [4.78, 5) is 30.9. The Morgan fingerprint density at radius 2 is 1.88 bits per heavy atom. The van der Waals surface area contributed by atoms with Crippen molar-refractivity contribution < 1.29 is 18.3 Å². The fourth-order valence-corrected chi connectivity index (χ4v) is 4.51. The molecule has 174 valence electrons. The second-order valence-corrected chi connectivity index (χ2v) is 8.10. The van der Waals surface area contributed by atoms with Gasteiger partial charge in [-0.05, 0) is 62.8 Å². The van der Waals surface area contributed by atoms with E-state index in [1.54, 1.807) is 35.2 Å². The van der Waals surface area contributed by atoms with Crippen LogP contribution in [0.3, 0.4) is 0 Å². The number of nitrogens with zero attached hydrogens (tertiary/aromatic N) is 2. The smallest absolute Gasteiger partial charge is 0.290 e. The average molecular weight is 453 g/mol. The van der Waals surface area contributed by atoms with E-state index in [1.165, 1.54) is 12.1 Å². The molecule has 2 aromatic carbocycles. The van der Waals surface area contributed by atoms with E-state index in [-0.39, 0.29) is 22.7 Å². The van der Waals surface area contributed by atoms with E-state index in [1.807, 2.05) is 6.92 Å². The number of halogens is 1. The van der Waals surface area contributed by atoms with E-state index in [0.29, 0.717) is 35.4 Å². The number of fused-ring (bicyclic) bond motifs is 2. The molecule has 1 atom stereocenters. The van der Waals surface area contributed by atoms with Crippen molar-refractivity contribution in [3.63, 3.8) is 0 Å². The standard InChI is InChI=1S/C26H29FN2O4/c1-4-28(5-2)13-8-14-29-23(17-9-7-10-18(27)15-17)22-24(30)20-12-11-19(32-6-3)16-21(20)33-25(22)26(29)31/h7,9-12,15-16,23H,4-6,8,13-14H2,1-3H3. The molecule has 1 unspecified atom stereocenters. The highest BCUT2D eigenvalue weighted by Gasteiger charge is 2.42. The molecule has 1 aliphatic rings. The number of carbonyl (C=O) groups is 1. The molecule has 0 fully saturated rings. The first kappa shape index (κ1) is 23.0. The highest BCUT2D eigenvalue weighted by Crippen LogP contribution is 2.38. The van der Waals surface area contributed by atoms with Crippen LogP contribution in [0.15, 0.2) is 51.7 Å². The number of carbonyl (C=O) groups excluding carboxylic acids is 1. The summed E-state index contributed by atoms with van der Waals surface area (Å²) in [5.41, 5.74) is 0.858. The quantitative estimate of drug-likeness (QED) is 0.475. The Morgan fingerprint density at radius 1 is 1.09 bits per heavy atom. The first-order valence-corrected chi connectivity index (χ1v) is 11.5. The van der Waals surface area contributed by atoms with E-state index in [4.69, 9.17) is 9.15 Å². The molecule has 6 nitrogen and oxygen atoms in total. The lowest BCUT2D eigenvalue weighted by Crippen LogP contribution is -2.33. The molecule has 0 spiro atoms. The zero-order chi connectivity index (χ0) is 23.5. The van der Waals surface area contributed by atoms with Gasteiger partial charge in [-0.2, -0.15) is 0 Å². The lowest BCUT2D eigenvalue weighted by atomic mass is 9.98. The van der Waals surface area contributed by atoms with Gasteiger partial charge in [-0.25, -0.2) is 4.39 Å². The van der Waals surface area contributed by atoms with E-state index >= 15 is 0 Å². The molecule has 4 rings (SSSR count). The van der Waals surface area contributed by atoms with Crippen molar-refractivity contribution in [2.75, 3.05) is 32.8 Å². The number of rotatable bonds is 9. The van der Waals surface area contributed by atoms with E-state index in [2.05, 4.69) is 18.7 Å². The summed E-state index contributed by atoms with van der Waals surface area (Å²) in [5.74, 6) is -0.169. The molecule has 0 saturated heterocycles. The number of hydrogen-bond acceptors (Lipinski definition) is 5. The fraction of sp³-hybridized carbons (Fsp3) is 0.385. The van der Waals surface area contributed by atoms with Gasteiger partial charge in [-0.15, -0.1) is 0 Å². The summed E-state index contributed by atoms with van der Waals surface area (Å²) in [7, 11) is 0. The number of benzene rings is 2. The molecule has 1 aliphatic heterocycles. The van der Waals surface area contributed by atoms with Crippen LogP contribution in [-0.2, 0) is 0 Å². The summed E-state index contributed by atoms with van der Waals surface area (Å²) in [6, 6.07) is 10.4. The molecule has 0 saturated carbocycles. The Hall–Kier alpha value is -3.19. The Morgan fingerprint density at radius 3 is 2.58 bits per heavy atom. The highest BCUT2D eigenvalue weighted by atomic mass is 19.1. The minimum atomic E-state index is -0.688. The number of ether oxygens (including phenoxy) is 1. The summed E-state index contributed by atoms with van der Waals surface area (Å²) in [6.07, 6.45) is 0.732. The third kappa shape index (κ3) is 4.37. The zero-order valence-electron chi connectivity index (χ0n) is 19.3. The lowest BCUT2D eigenvalue weighted by molar-refractivity contribution is 0.0720. The Bertz CT molecular complexity index is 1220. The molecule has 2 heterocycles. The maximum absolute atomic E-state index is 14.1. The van der Waals surface area contributed by atoms with E-state index < -0.39 is 11.9 Å². The predicted octanol–water partition coefficient (Wildman–Crippen LogP) is 4.61. The SMILES string of the molecule is CCOc1ccc2c(=O)c3c(oc2c1)C(=O)N(CCCN(CC)CC)C3c1cccc(F)c1. The highest BCUT2D eigenvalue weighted by molar-refractivity contribution is 5.99. The minimum absolute atomic E-state index is 0.0262. The Balaban J connectivity index is 1.80. The predicted molar refractivity (Wildman–Crippen MR) is 125 cm³/mol. The molecule has 7 heteroatoms. The van der Waals surface area contributed by atoms with Gasteiger partial charge in [0.05, 0.1) is 23.6 Å². The van der Waals surface area contributed by atoms with Gasteiger partial charge >= 0.3 is 0 Å². The molecule has 1 amide bonds. The van der Waals surface area contributed by atoms with E-state index in [0.717, 1.165) is 26.1 Å². The minimum Gasteiger partial charge on any atom is -0.494 e. The van der Waals surface area contributed by atoms with Crippen LogP contribution in [0.1, 0.15) is 54.9 Å². The first-order valence-electron chi connectivity index (χ1n) is 11.5. The van der Waals surface area contributed by atoms with Crippen LogP contribution in [0.4, 0.5) is 4.39 Å². The van der Waals surface area contributed by atoms with Crippen LogP contribution >= 0.6 is 0 Å². The third-order valence-corrected chi connectivity index (χ3v) is 6.18. The molecule has 33 heavy (non-hydrogen) atoms. The van der Waals surface area contributed by atoms with Gasteiger partial charge in [-0.1, -0.05) is 26.0 Å². The van der Waals surface area contributed by atoms with Crippen molar-refractivity contribution in [1.29, 1.82) is 0 Å². The van der Waals surface area contributed by atoms with Crippen LogP contribution < -0.4 is 10.2 Å².